The third kappa shape index (κ3) is 4.21. The van der Waals surface area contributed by atoms with Crippen molar-refractivity contribution in [1.82, 2.24) is 0 Å². The van der Waals surface area contributed by atoms with Gasteiger partial charge in [-0.2, -0.15) is 0 Å². The predicted octanol–water partition coefficient (Wildman–Crippen LogP) is 3.65. The first kappa shape index (κ1) is 19.7. The van der Waals surface area contributed by atoms with Gasteiger partial charge in [0.25, 0.3) is 11.8 Å². The predicted molar refractivity (Wildman–Crippen MR) is 115 cm³/mol. The topological polar surface area (TPSA) is 75.0 Å². The van der Waals surface area contributed by atoms with Crippen LogP contribution in [0.3, 0.4) is 0 Å². The molecule has 0 unspecified atom stereocenters. The summed E-state index contributed by atoms with van der Waals surface area (Å²) in [7, 11) is 1.74. The van der Waals surface area contributed by atoms with E-state index in [9.17, 15) is 9.59 Å². The van der Waals surface area contributed by atoms with Crippen molar-refractivity contribution in [2.24, 2.45) is 0 Å². The second kappa shape index (κ2) is 8.84. The molecule has 3 aromatic rings. The summed E-state index contributed by atoms with van der Waals surface area (Å²) in [6.07, 6.45) is 1.44. The number of nitrogens with zero attached hydrogens (tertiary/aromatic N) is 2. The zero-order valence-corrected chi connectivity index (χ0v) is 16.7. The van der Waals surface area contributed by atoms with Crippen molar-refractivity contribution < 1.29 is 18.7 Å². The normalized spacial score (nSPS) is 13.7. The fraction of sp³-hybridized carbons (Fsp3) is 0.217. The van der Waals surface area contributed by atoms with Crippen molar-refractivity contribution in [3.63, 3.8) is 0 Å². The number of carbonyl (C=O) groups excluding carboxylic acids is 2. The number of morpholine rings is 1. The highest BCUT2D eigenvalue weighted by Crippen LogP contribution is 2.28. The van der Waals surface area contributed by atoms with Gasteiger partial charge in [0.05, 0.1) is 25.0 Å². The number of carbonyl (C=O) groups is 2. The van der Waals surface area contributed by atoms with Crippen LogP contribution in [0.2, 0.25) is 0 Å². The van der Waals surface area contributed by atoms with Gasteiger partial charge < -0.3 is 24.3 Å². The molecule has 30 heavy (non-hydrogen) atoms. The fourth-order valence-electron chi connectivity index (χ4n) is 3.42. The Labute approximate surface area is 174 Å². The molecule has 0 atom stereocenters. The summed E-state index contributed by atoms with van der Waals surface area (Å²) in [4.78, 5) is 29.5. The van der Waals surface area contributed by atoms with Crippen LogP contribution in [0, 0.1) is 0 Å². The summed E-state index contributed by atoms with van der Waals surface area (Å²) in [6.45, 7) is 2.62. The summed E-state index contributed by atoms with van der Waals surface area (Å²) in [6, 6.07) is 18.1. The average Bonchev–Trinajstić information content (AvgIpc) is 3.34. The molecule has 2 amide bonds. The van der Waals surface area contributed by atoms with E-state index in [-0.39, 0.29) is 17.6 Å². The minimum Gasteiger partial charge on any atom is -0.459 e. The van der Waals surface area contributed by atoms with E-state index in [1.165, 1.54) is 6.26 Å². The quantitative estimate of drug-likeness (QED) is 0.701. The van der Waals surface area contributed by atoms with Crippen LogP contribution in [-0.4, -0.2) is 45.2 Å². The molecular weight excluding hydrogens is 382 g/mol. The van der Waals surface area contributed by atoms with Crippen LogP contribution in [-0.2, 0) is 4.74 Å². The van der Waals surface area contributed by atoms with Crippen LogP contribution in [0.15, 0.2) is 71.3 Å². The van der Waals surface area contributed by atoms with Gasteiger partial charge in [0, 0.05) is 37.2 Å². The molecule has 2 aromatic carbocycles. The zero-order chi connectivity index (χ0) is 20.9. The van der Waals surface area contributed by atoms with Gasteiger partial charge in [0.15, 0.2) is 5.76 Å². The molecule has 0 bridgehead atoms. The molecule has 0 saturated carbocycles. The number of benzene rings is 2. The van der Waals surface area contributed by atoms with Crippen LogP contribution in [0.5, 0.6) is 0 Å². The highest BCUT2D eigenvalue weighted by molar-refractivity contribution is 6.11. The summed E-state index contributed by atoms with van der Waals surface area (Å²) in [5.41, 5.74) is 2.65. The number of nitrogens with one attached hydrogen (secondary N) is 1. The Morgan fingerprint density at radius 3 is 2.47 bits per heavy atom. The number of ether oxygens (including phenoxy) is 1. The van der Waals surface area contributed by atoms with Crippen LogP contribution in [0.4, 0.5) is 17.1 Å². The number of anilines is 3. The van der Waals surface area contributed by atoms with Crippen molar-refractivity contribution in [3.8, 4) is 0 Å². The SMILES string of the molecule is CN(C(=O)c1cc(NC(=O)c2ccco2)ccc1N1CCOCC1)c1ccccc1. The van der Waals surface area contributed by atoms with Crippen LogP contribution >= 0.6 is 0 Å². The molecule has 1 aliphatic rings. The second-order valence-electron chi connectivity index (χ2n) is 6.96. The number of furan rings is 1. The maximum absolute atomic E-state index is 13.4. The molecule has 7 heteroatoms. The van der Waals surface area contributed by atoms with E-state index >= 15 is 0 Å². The lowest BCUT2D eigenvalue weighted by atomic mass is 10.1. The molecule has 4 rings (SSSR count). The van der Waals surface area contributed by atoms with Gasteiger partial charge in [-0.1, -0.05) is 18.2 Å². The molecule has 1 fully saturated rings. The molecule has 1 saturated heterocycles. The Kier molecular flexibility index (Phi) is 5.81. The van der Waals surface area contributed by atoms with Crippen LogP contribution < -0.4 is 15.1 Å². The maximum atomic E-state index is 13.4. The van der Waals surface area contributed by atoms with Crippen molar-refractivity contribution in [2.75, 3.05) is 48.5 Å². The van der Waals surface area contributed by atoms with Crippen molar-refractivity contribution >= 4 is 28.9 Å². The average molecular weight is 405 g/mol. The monoisotopic (exact) mass is 405 g/mol. The zero-order valence-electron chi connectivity index (χ0n) is 16.7. The van der Waals surface area contributed by atoms with E-state index in [0.717, 1.165) is 11.4 Å². The van der Waals surface area contributed by atoms with Gasteiger partial charge in [-0.3, -0.25) is 9.59 Å². The molecule has 2 heterocycles. The summed E-state index contributed by atoms with van der Waals surface area (Å²) >= 11 is 0. The summed E-state index contributed by atoms with van der Waals surface area (Å²) in [5.74, 6) is -0.313. The Hall–Kier alpha value is -3.58. The van der Waals surface area contributed by atoms with Gasteiger partial charge in [0.1, 0.15) is 0 Å². The minimum absolute atomic E-state index is 0.156. The van der Waals surface area contributed by atoms with E-state index in [2.05, 4.69) is 10.2 Å². The van der Waals surface area contributed by atoms with E-state index in [0.29, 0.717) is 37.6 Å². The Bertz CT molecular complexity index is 1010. The van der Waals surface area contributed by atoms with Gasteiger partial charge in [-0.05, 0) is 42.5 Å². The number of para-hydroxylation sites is 1. The third-order valence-corrected chi connectivity index (χ3v) is 5.03. The molecule has 0 radical (unpaired) electrons. The maximum Gasteiger partial charge on any atom is 0.291 e. The molecule has 7 nitrogen and oxygen atoms in total. The fourth-order valence-corrected chi connectivity index (χ4v) is 3.42. The standard InChI is InChI=1S/C23H23N3O4/c1-25(18-6-3-2-4-7-18)23(28)19-16-17(24-22(27)21-8-5-13-30-21)9-10-20(19)26-11-14-29-15-12-26/h2-10,13,16H,11-12,14-15H2,1H3,(H,24,27). The van der Waals surface area contributed by atoms with Gasteiger partial charge in [-0.25, -0.2) is 0 Å². The van der Waals surface area contributed by atoms with Gasteiger partial charge in [-0.15, -0.1) is 0 Å². The summed E-state index contributed by atoms with van der Waals surface area (Å²) < 4.78 is 10.6. The van der Waals surface area contributed by atoms with Crippen LogP contribution in [0.1, 0.15) is 20.9 Å². The Balaban J connectivity index is 1.66. The lowest BCUT2D eigenvalue weighted by Gasteiger charge is -2.31. The minimum atomic E-state index is -0.367. The van der Waals surface area contributed by atoms with Crippen molar-refractivity contribution in [1.29, 1.82) is 0 Å². The summed E-state index contributed by atoms with van der Waals surface area (Å²) in [5, 5.41) is 2.80. The Morgan fingerprint density at radius 2 is 1.77 bits per heavy atom. The smallest absolute Gasteiger partial charge is 0.291 e. The highest BCUT2D eigenvalue weighted by Gasteiger charge is 2.23. The molecule has 154 valence electrons. The van der Waals surface area contributed by atoms with Gasteiger partial charge in [0.2, 0.25) is 0 Å². The van der Waals surface area contributed by atoms with Crippen LogP contribution in [0.25, 0.3) is 0 Å². The molecule has 0 aliphatic carbocycles. The molecular formula is C23H23N3O4. The molecule has 0 spiro atoms. The number of amides is 2. The molecule has 1 N–H and O–H groups in total. The first-order valence-corrected chi connectivity index (χ1v) is 9.78. The number of hydrogen-bond donors (Lipinski definition) is 1. The first-order valence-electron chi connectivity index (χ1n) is 9.78. The van der Waals surface area contributed by atoms with Crippen molar-refractivity contribution in [2.45, 2.75) is 0 Å². The van der Waals surface area contributed by atoms with E-state index in [4.69, 9.17) is 9.15 Å². The molecule has 1 aromatic heterocycles. The third-order valence-electron chi connectivity index (χ3n) is 5.03. The van der Waals surface area contributed by atoms with Gasteiger partial charge >= 0.3 is 0 Å². The van der Waals surface area contributed by atoms with Crippen molar-refractivity contribution in [3.05, 3.63) is 78.3 Å². The number of hydrogen-bond acceptors (Lipinski definition) is 5. The Morgan fingerprint density at radius 1 is 1.00 bits per heavy atom. The number of rotatable bonds is 5. The largest absolute Gasteiger partial charge is 0.459 e. The highest BCUT2D eigenvalue weighted by atomic mass is 16.5. The lowest BCUT2D eigenvalue weighted by molar-refractivity contribution is 0.0984. The lowest BCUT2D eigenvalue weighted by Crippen LogP contribution is -2.38. The van der Waals surface area contributed by atoms with E-state index < -0.39 is 0 Å². The first-order chi connectivity index (χ1) is 14.6. The van der Waals surface area contributed by atoms with E-state index in [1.54, 1.807) is 36.2 Å². The second-order valence-corrected chi connectivity index (χ2v) is 6.96. The van der Waals surface area contributed by atoms with E-state index in [1.807, 2.05) is 36.4 Å². The molecule has 1 aliphatic heterocycles.